The fraction of sp³-hybridized carbons (Fsp3) is 0. The second-order valence-corrected chi connectivity index (χ2v) is 15.8. The molecule has 0 aliphatic rings. The highest BCUT2D eigenvalue weighted by Gasteiger charge is 2.26. The van der Waals surface area contributed by atoms with E-state index in [0.29, 0.717) is 0 Å². The van der Waals surface area contributed by atoms with Gasteiger partial charge in [-0.15, -0.1) is 11.3 Å². The number of hydrogen-bond donors (Lipinski definition) is 0. The molecule has 4 heteroatoms. The first-order chi connectivity index (χ1) is 28.8. The van der Waals surface area contributed by atoms with E-state index in [1.807, 2.05) is 17.4 Å². The minimum Gasteiger partial charge on any atom is -0.456 e. The molecular weight excluding hydrogens is 727 g/mol. The number of para-hydroxylation sites is 1. The Morgan fingerprint density at radius 2 is 0.931 bits per heavy atom. The molecule has 0 radical (unpaired) electrons. The van der Waals surface area contributed by atoms with Crippen LogP contribution in [0.3, 0.4) is 0 Å². The van der Waals surface area contributed by atoms with Crippen molar-refractivity contribution in [3.63, 3.8) is 0 Å². The van der Waals surface area contributed by atoms with Gasteiger partial charge in [-0.1, -0.05) is 152 Å². The van der Waals surface area contributed by atoms with Gasteiger partial charge in [-0.25, -0.2) is 0 Å². The third-order valence-corrected chi connectivity index (χ3v) is 12.7. The van der Waals surface area contributed by atoms with Gasteiger partial charge in [0.25, 0.3) is 0 Å². The summed E-state index contributed by atoms with van der Waals surface area (Å²) < 4.78 is 16.3. The van der Waals surface area contributed by atoms with Crippen molar-refractivity contribution in [2.75, 3.05) is 4.90 Å². The van der Waals surface area contributed by atoms with Crippen LogP contribution in [0.25, 0.3) is 97.4 Å². The lowest BCUT2D eigenvalue weighted by Gasteiger charge is -2.27. The number of rotatable bonds is 6. The maximum absolute atomic E-state index is 7.09. The number of anilines is 3. The summed E-state index contributed by atoms with van der Waals surface area (Å²) in [7, 11) is 0. The Morgan fingerprint density at radius 3 is 1.69 bits per heavy atom. The van der Waals surface area contributed by atoms with Crippen LogP contribution in [0.15, 0.2) is 209 Å². The van der Waals surface area contributed by atoms with Crippen LogP contribution >= 0.6 is 11.3 Å². The molecule has 0 aliphatic carbocycles. The van der Waals surface area contributed by atoms with Gasteiger partial charge in [-0.2, -0.15) is 0 Å². The molecule has 0 unspecified atom stereocenters. The summed E-state index contributed by atoms with van der Waals surface area (Å²) in [5, 5.41) is 6.68. The van der Waals surface area contributed by atoms with Gasteiger partial charge in [0, 0.05) is 42.9 Å². The van der Waals surface area contributed by atoms with E-state index in [0.717, 1.165) is 72.1 Å². The van der Waals surface area contributed by atoms with Gasteiger partial charge in [0.05, 0.1) is 21.5 Å². The number of nitrogens with zero attached hydrogens (tertiary/aromatic N) is 1. The van der Waals surface area contributed by atoms with Crippen LogP contribution in [0, 0.1) is 0 Å². The van der Waals surface area contributed by atoms with Crippen molar-refractivity contribution in [2.45, 2.75) is 0 Å². The molecule has 3 aromatic heterocycles. The average molecular weight is 760 g/mol. The fourth-order valence-corrected chi connectivity index (χ4v) is 10.0. The molecule has 272 valence electrons. The van der Waals surface area contributed by atoms with Crippen molar-refractivity contribution in [3.05, 3.63) is 200 Å². The summed E-state index contributed by atoms with van der Waals surface area (Å²) in [4.78, 5) is 2.42. The lowest BCUT2D eigenvalue weighted by atomic mass is 9.94. The number of thiophene rings is 1. The second kappa shape index (κ2) is 13.1. The van der Waals surface area contributed by atoms with Crippen LogP contribution in [-0.2, 0) is 0 Å². The first-order valence-corrected chi connectivity index (χ1v) is 20.4. The molecule has 12 rings (SSSR count). The fourth-order valence-electron chi connectivity index (χ4n) is 8.82. The molecule has 0 atom stereocenters. The Hall–Kier alpha value is -7.40. The molecule has 3 heterocycles. The Labute approximate surface area is 338 Å². The number of benzene rings is 9. The van der Waals surface area contributed by atoms with Crippen molar-refractivity contribution in [3.8, 4) is 33.4 Å². The summed E-state index contributed by atoms with van der Waals surface area (Å²) in [6.45, 7) is 0. The molecule has 0 saturated carbocycles. The van der Waals surface area contributed by atoms with E-state index in [4.69, 9.17) is 8.83 Å². The van der Waals surface area contributed by atoms with Gasteiger partial charge in [-0.3, -0.25) is 0 Å². The Kier molecular flexibility index (Phi) is 7.40. The van der Waals surface area contributed by atoms with E-state index in [-0.39, 0.29) is 0 Å². The maximum atomic E-state index is 7.09. The second-order valence-electron chi connectivity index (χ2n) is 14.8. The lowest BCUT2D eigenvalue weighted by molar-refractivity contribution is 0.664. The van der Waals surface area contributed by atoms with Crippen molar-refractivity contribution >= 4 is 92.4 Å². The molecule has 9 aromatic carbocycles. The van der Waals surface area contributed by atoms with Crippen molar-refractivity contribution in [1.29, 1.82) is 0 Å². The zero-order valence-electron chi connectivity index (χ0n) is 31.2. The lowest BCUT2D eigenvalue weighted by Crippen LogP contribution is -2.10. The highest BCUT2D eigenvalue weighted by molar-refractivity contribution is 7.26. The van der Waals surface area contributed by atoms with Gasteiger partial charge < -0.3 is 13.7 Å². The van der Waals surface area contributed by atoms with E-state index in [1.54, 1.807) is 0 Å². The molecule has 0 saturated heterocycles. The summed E-state index contributed by atoms with van der Waals surface area (Å²) >= 11 is 1.84. The highest BCUT2D eigenvalue weighted by Crippen LogP contribution is 2.51. The molecule has 0 bridgehead atoms. The standard InChI is InChI=1S/C54H33NO2S/c1-3-13-34(14-4-1)36-25-27-38(28-26-36)50-52-42-18-7-9-22-46(42)56-48(52)33-43-51-44(20-12-23-47(51)57-53(43)50)55(39-31-29-37(30-32-39)35-15-5-2-6-16-35)45-21-11-19-41-40-17-8-10-24-49(40)58-54(41)45/h1-33H. The molecule has 0 aliphatic heterocycles. The van der Waals surface area contributed by atoms with E-state index >= 15 is 0 Å². The van der Waals surface area contributed by atoms with E-state index in [2.05, 4.69) is 199 Å². The summed E-state index contributed by atoms with van der Waals surface area (Å²) in [6.07, 6.45) is 0. The number of fused-ring (bicyclic) bond motifs is 9. The molecular formula is C54H33NO2S. The Balaban J connectivity index is 1.14. The summed E-state index contributed by atoms with van der Waals surface area (Å²) in [6, 6.07) is 71.2. The quantitative estimate of drug-likeness (QED) is 0.169. The van der Waals surface area contributed by atoms with Crippen molar-refractivity contribution in [2.24, 2.45) is 0 Å². The number of furan rings is 2. The van der Waals surface area contributed by atoms with Gasteiger partial charge in [0.15, 0.2) is 0 Å². The molecule has 0 N–H and O–H groups in total. The SMILES string of the molecule is c1ccc(-c2ccc(-c3c4oc5cccc(N(c6ccc(-c7ccccc7)cc6)c6cccc7c6sc6ccccc67)c5c4cc4oc5ccccc5c34)cc2)cc1. The molecule has 0 spiro atoms. The Morgan fingerprint density at radius 1 is 0.362 bits per heavy atom. The highest BCUT2D eigenvalue weighted by atomic mass is 32.1. The van der Waals surface area contributed by atoms with E-state index in [1.165, 1.54) is 42.4 Å². The van der Waals surface area contributed by atoms with Crippen molar-refractivity contribution in [1.82, 2.24) is 0 Å². The predicted molar refractivity (Wildman–Crippen MR) is 245 cm³/mol. The summed E-state index contributed by atoms with van der Waals surface area (Å²) in [5.74, 6) is 0. The molecule has 58 heavy (non-hydrogen) atoms. The largest absolute Gasteiger partial charge is 0.456 e. The first kappa shape index (κ1) is 32.8. The molecule has 3 nitrogen and oxygen atoms in total. The minimum absolute atomic E-state index is 0.820. The van der Waals surface area contributed by atoms with Crippen molar-refractivity contribution < 1.29 is 8.83 Å². The van der Waals surface area contributed by atoms with Gasteiger partial charge in [-0.05, 0) is 76.3 Å². The zero-order chi connectivity index (χ0) is 38.2. The van der Waals surface area contributed by atoms with Gasteiger partial charge in [0.1, 0.15) is 22.3 Å². The third-order valence-electron chi connectivity index (χ3n) is 11.5. The van der Waals surface area contributed by atoms with E-state index < -0.39 is 0 Å². The smallest absolute Gasteiger partial charge is 0.144 e. The van der Waals surface area contributed by atoms with Gasteiger partial charge in [0.2, 0.25) is 0 Å². The van der Waals surface area contributed by atoms with Gasteiger partial charge >= 0.3 is 0 Å². The van der Waals surface area contributed by atoms with E-state index in [9.17, 15) is 0 Å². The van der Waals surface area contributed by atoms with Crippen LogP contribution in [0.2, 0.25) is 0 Å². The first-order valence-electron chi connectivity index (χ1n) is 19.6. The van der Waals surface area contributed by atoms with Crippen LogP contribution in [-0.4, -0.2) is 0 Å². The minimum atomic E-state index is 0.820. The third kappa shape index (κ3) is 5.12. The average Bonchev–Trinajstić information content (AvgIpc) is 3.98. The summed E-state index contributed by atoms with van der Waals surface area (Å²) in [5.41, 5.74) is 13.4. The molecule has 12 aromatic rings. The Bertz CT molecular complexity index is 3490. The topological polar surface area (TPSA) is 29.5 Å². The molecule has 0 amide bonds. The maximum Gasteiger partial charge on any atom is 0.144 e. The number of hydrogen-bond acceptors (Lipinski definition) is 4. The monoisotopic (exact) mass is 759 g/mol. The van der Waals surface area contributed by atoms with Crippen LogP contribution < -0.4 is 4.90 Å². The predicted octanol–water partition coefficient (Wildman–Crippen LogP) is 16.3. The van der Waals surface area contributed by atoms with Crippen LogP contribution in [0.4, 0.5) is 17.1 Å². The van der Waals surface area contributed by atoms with Crippen LogP contribution in [0.1, 0.15) is 0 Å². The molecule has 0 fully saturated rings. The normalized spacial score (nSPS) is 11.8. The zero-order valence-corrected chi connectivity index (χ0v) is 32.0. The van der Waals surface area contributed by atoms with Crippen LogP contribution in [0.5, 0.6) is 0 Å².